The molecule has 2 heterocycles. The zero-order valence-corrected chi connectivity index (χ0v) is 18.3. The van der Waals surface area contributed by atoms with Crippen molar-refractivity contribution >= 4 is 39.7 Å². The first-order valence-electron chi connectivity index (χ1n) is 10.9. The third kappa shape index (κ3) is 4.51. The number of hydrogen-bond acceptors (Lipinski definition) is 5. The van der Waals surface area contributed by atoms with Crippen molar-refractivity contribution in [3.05, 3.63) is 78.1 Å². The summed E-state index contributed by atoms with van der Waals surface area (Å²) >= 11 is 0. The Morgan fingerprint density at radius 1 is 1.00 bits per heavy atom. The van der Waals surface area contributed by atoms with Gasteiger partial charge in [-0.25, -0.2) is 4.39 Å². The number of H-pyrrole nitrogens is 1. The lowest BCUT2D eigenvalue weighted by atomic mass is 10.1. The van der Waals surface area contributed by atoms with Gasteiger partial charge in [-0.15, -0.1) is 0 Å². The van der Waals surface area contributed by atoms with E-state index in [1.807, 2.05) is 42.5 Å². The standard InChI is InChI=1S/C25H25FN6O/c1-31-12-14-32(15-13-31)19-9-6-17(7-10-19)25(33)28-24-20-11-8-18(16-23(20)29-30-24)27-22-5-3-2-4-21(22)26/h2-11,16,27H,12-15H2,1H3,(H2,28,29,30,33). The molecule has 7 nitrogen and oxygen atoms in total. The number of fused-ring (bicyclic) bond motifs is 1. The first kappa shape index (κ1) is 21.0. The van der Waals surface area contributed by atoms with Gasteiger partial charge in [0.1, 0.15) is 5.82 Å². The Morgan fingerprint density at radius 2 is 1.76 bits per heavy atom. The van der Waals surface area contributed by atoms with Crippen LogP contribution in [0.5, 0.6) is 0 Å². The Labute approximate surface area is 191 Å². The molecule has 0 radical (unpaired) electrons. The fourth-order valence-electron chi connectivity index (χ4n) is 3.98. The first-order chi connectivity index (χ1) is 16.1. The average molecular weight is 445 g/mol. The number of amides is 1. The van der Waals surface area contributed by atoms with Gasteiger partial charge in [0.15, 0.2) is 5.82 Å². The van der Waals surface area contributed by atoms with Crippen molar-refractivity contribution in [2.75, 3.05) is 48.8 Å². The van der Waals surface area contributed by atoms with Crippen LogP contribution in [0, 0.1) is 5.82 Å². The Bertz CT molecular complexity index is 1280. The summed E-state index contributed by atoms with van der Waals surface area (Å²) in [6, 6.07) is 19.7. The molecule has 0 saturated carbocycles. The maximum Gasteiger partial charge on any atom is 0.256 e. The summed E-state index contributed by atoms with van der Waals surface area (Å²) in [7, 11) is 2.13. The number of para-hydroxylation sites is 1. The van der Waals surface area contributed by atoms with Crippen molar-refractivity contribution in [2.24, 2.45) is 0 Å². The van der Waals surface area contributed by atoms with E-state index in [2.05, 4.69) is 37.7 Å². The number of carbonyl (C=O) groups is 1. The molecular formula is C25H25FN6O. The molecule has 5 rings (SSSR count). The van der Waals surface area contributed by atoms with Gasteiger partial charge in [0.2, 0.25) is 0 Å². The normalized spacial score (nSPS) is 14.4. The number of piperazine rings is 1. The van der Waals surface area contributed by atoms with Gasteiger partial charge in [-0.05, 0) is 61.6 Å². The molecule has 3 aromatic carbocycles. The summed E-state index contributed by atoms with van der Waals surface area (Å²) in [5, 5.41) is 13.9. The molecule has 0 aliphatic carbocycles. The van der Waals surface area contributed by atoms with Crippen molar-refractivity contribution < 1.29 is 9.18 Å². The van der Waals surface area contributed by atoms with Crippen LogP contribution in [0.3, 0.4) is 0 Å². The average Bonchev–Trinajstić information content (AvgIpc) is 3.23. The van der Waals surface area contributed by atoms with E-state index in [4.69, 9.17) is 0 Å². The predicted molar refractivity (Wildman–Crippen MR) is 130 cm³/mol. The molecule has 3 N–H and O–H groups in total. The van der Waals surface area contributed by atoms with Crippen LogP contribution in [-0.2, 0) is 0 Å². The molecule has 1 aromatic heterocycles. The SMILES string of the molecule is CN1CCN(c2ccc(C(=O)Nc3n[nH]c4cc(Nc5ccccc5F)ccc34)cc2)CC1. The summed E-state index contributed by atoms with van der Waals surface area (Å²) in [4.78, 5) is 17.4. The van der Waals surface area contributed by atoms with E-state index < -0.39 is 0 Å². The molecule has 0 bridgehead atoms. The van der Waals surface area contributed by atoms with Gasteiger partial charge in [0.25, 0.3) is 5.91 Å². The third-order valence-electron chi connectivity index (χ3n) is 5.95. The quantitative estimate of drug-likeness (QED) is 0.424. The molecule has 4 aromatic rings. The van der Waals surface area contributed by atoms with Gasteiger partial charge in [0, 0.05) is 48.5 Å². The fourth-order valence-corrected chi connectivity index (χ4v) is 3.98. The molecular weight excluding hydrogens is 419 g/mol. The van der Waals surface area contributed by atoms with E-state index in [0.717, 1.165) is 42.8 Å². The number of carbonyl (C=O) groups excluding carboxylic acids is 1. The molecule has 0 spiro atoms. The summed E-state index contributed by atoms with van der Waals surface area (Å²) < 4.78 is 13.9. The monoisotopic (exact) mass is 444 g/mol. The van der Waals surface area contributed by atoms with E-state index in [-0.39, 0.29) is 11.7 Å². The van der Waals surface area contributed by atoms with Gasteiger partial charge in [-0.2, -0.15) is 5.10 Å². The van der Waals surface area contributed by atoms with E-state index in [1.54, 1.807) is 18.2 Å². The Kier molecular flexibility index (Phi) is 5.66. The van der Waals surface area contributed by atoms with E-state index in [0.29, 0.717) is 22.8 Å². The molecule has 168 valence electrons. The number of aromatic amines is 1. The molecule has 1 fully saturated rings. The van der Waals surface area contributed by atoms with E-state index in [9.17, 15) is 9.18 Å². The van der Waals surface area contributed by atoms with Crippen LogP contribution in [0.25, 0.3) is 10.9 Å². The number of anilines is 4. The lowest BCUT2D eigenvalue weighted by molar-refractivity contribution is 0.102. The second-order valence-corrected chi connectivity index (χ2v) is 8.23. The van der Waals surface area contributed by atoms with E-state index in [1.165, 1.54) is 6.07 Å². The number of hydrogen-bond donors (Lipinski definition) is 3. The molecule has 1 aliphatic heterocycles. The minimum Gasteiger partial charge on any atom is -0.369 e. The highest BCUT2D eigenvalue weighted by molar-refractivity contribution is 6.08. The maximum atomic E-state index is 13.9. The Balaban J connectivity index is 1.28. The van der Waals surface area contributed by atoms with Crippen molar-refractivity contribution in [1.82, 2.24) is 15.1 Å². The molecule has 8 heteroatoms. The maximum absolute atomic E-state index is 13.9. The van der Waals surface area contributed by atoms with Gasteiger partial charge in [0.05, 0.1) is 11.2 Å². The molecule has 0 atom stereocenters. The minimum atomic E-state index is -0.325. The number of nitrogens with one attached hydrogen (secondary N) is 3. The van der Waals surface area contributed by atoms with Crippen molar-refractivity contribution in [3.8, 4) is 0 Å². The fraction of sp³-hybridized carbons (Fsp3) is 0.200. The molecule has 1 amide bonds. The zero-order chi connectivity index (χ0) is 22.8. The number of benzene rings is 3. The number of aromatic nitrogens is 2. The van der Waals surface area contributed by atoms with Gasteiger partial charge in [-0.3, -0.25) is 9.89 Å². The number of likely N-dealkylation sites (N-methyl/N-ethyl adjacent to an activating group) is 1. The van der Waals surface area contributed by atoms with Crippen LogP contribution >= 0.6 is 0 Å². The van der Waals surface area contributed by atoms with Crippen LogP contribution in [0.2, 0.25) is 0 Å². The number of nitrogens with zero attached hydrogens (tertiary/aromatic N) is 3. The van der Waals surface area contributed by atoms with Gasteiger partial charge in [-0.1, -0.05) is 12.1 Å². The second kappa shape index (κ2) is 8.91. The summed E-state index contributed by atoms with van der Waals surface area (Å²) in [5.74, 6) is -0.0914. The van der Waals surface area contributed by atoms with Gasteiger partial charge >= 0.3 is 0 Å². The number of rotatable bonds is 5. The lowest BCUT2D eigenvalue weighted by Gasteiger charge is -2.34. The summed E-state index contributed by atoms with van der Waals surface area (Å²) in [6.07, 6.45) is 0. The Morgan fingerprint density at radius 3 is 2.52 bits per heavy atom. The zero-order valence-electron chi connectivity index (χ0n) is 18.3. The highest BCUT2D eigenvalue weighted by atomic mass is 19.1. The van der Waals surface area contributed by atoms with Crippen molar-refractivity contribution in [2.45, 2.75) is 0 Å². The second-order valence-electron chi connectivity index (χ2n) is 8.23. The van der Waals surface area contributed by atoms with Gasteiger partial charge < -0.3 is 20.4 Å². The Hall–Kier alpha value is -3.91. The van der Waals surface area contributed by atoms with E-state index >= 15 is 0 Å². The third-order valence-corrected chi connectivity index (χ3v) is 5.95. The summed E-state index contributed by atoms with van der Waals surface area (Å²) in [6.45, 7) is 4.03. The smallest absolute Gasteiger partial charge is 0.256 e. The molecule has 33 heavy (non-hydrogen) atoms. The van der Waals surface area contributed by atoms with Crippen molar-refractivity contribution in [1.29, 1.82) is 0 Å². The van der Waals surface area contributed by atoms with Crippen molar-refractivity contribution in [3.63, 3.8) is 0 Å². The minimum absolute atomic E-state index is 0.220. The highest BCUT2D eigenvalue weighted by Gasteiger charge is 2.16. The van der Waals surface area contributed by atoms with Crippen LogP contribution in [0.4, 0.5) is 27.3 Å². The topological polar surface area (TPSA) is 76.3 Å². The van der Waals surface area contributed by atoms with Crippen LogP contribution < -0.4 is 15.5 Å². The molecule has 1 saturated heterocycles. The highest BCUT2D eigenvalue weighted by Crippen LogP contribution is 2.27. The van der Waals surface area contributed by atoms with Crippen LogP contribution in [0.1, 0.15) is 10.4 Å². The molecule has 1 aliphatic rings. The lowest BCUT2D eigenvalue weighted by Crippen LogP contribution is -2.44. The number of halogens is 1. The first-order valence-corrected chi connectivity index (χ1v) is 10.9. The summed E-state index contributed by atoms with van der Waals surface area (Å²) in [5.41, 5.74) is 3.54. The predicted octanol–water partition coefficient (Wildman–Crippen LogP) is 4.45. The largest absolute Gasteiger partial charge is 0.369 e. The van der Waals surface area contributed by atoms with Crippen LogP contribution in [-0.4, -0.2) is 54.2 Å². The van der Waals surface area contributed by atoms with Crippen LogP contribution in [0.15, 0.2) is 66.7 Å². The molecule has 0 unspecified atom stereocenters.